The Balaban J connectivity index is 1.55. The van der Waals surface area contributed by atoms with Crippen molar-refractivity contribution < 1.29 is 19.4 Å². The number of carboxylic acid groups (broad SMARTS) is 1. The maximum Gasteiger partial charge on any atom is 0.407 e. The molecule has 5 heteroatoms. The summed E-state index contributed by atoms with van der Waals surface area (Å²) < 4.78 is 5.20. The van der Waals surface area contributed by atoms with Crippen LogP contribution in [0.25, 0.3) is 0 Å². The van der Waals surface area contributed by atoms with E-state index in [1.807, 2.05) is 30.3 Å². The molecular weight excluding hydrogens is 282 g/mol. The summed E-state index contributed by atoms with van der Waals surface area (Å²) in [6.45, 7) is 0.200. The fourth-order valence-electron chi connectivity index (χ4n) is 3.90. The largest absolute Gasteiger partial charge is 0.481 e. The summed E-state index contributed by atoms with van der Waals surface area (Å²) in [5.41, 5.74) is 0.914. The van der Waals surface area contributed by atoms with E-state index in [4.69, 9.17) is 4.74 Å². The zero-order chi connectivity index (χ0) is 15.5. The van der Waals surface area contributed by atoms with E-state index >= 15 is 0 Å². The van der Waals surface area contributed by atoms with Gasteiger partial charge in [0.2, 0.25) is 0 Å². The van der Waals surface area contributed by atoms with Gasteiger partial charge in [0, 0.05) is 6.04 Å². The first-order valence-corrected chi connectivity index (χ1v) is 7.87. The molecule has 2 aliphatic rings. The molecule has 1 aromatic carbocycles. The molecule has 0 spiro atoms. The van der Waals surface area contributed by atoms with Crippen molar-refractivity contribution in [3.05, 3.63) is 35.9 Å². The van der Waals surface area contributed by atoms with Crippen molar-refractivity contribution >= 4 is 12.1 Å². The molecule has 22 heavy (non-hydrogen) atoms. The third kappa shape index (κ3) is 2.93. The number of ether oxygens (including phenoxy) is 1. The van der Waals surface area contributed by atoms with E-state index in [9.17, 15) is 14.7 Å². The molecule has 3 rings (SSSR count). The lowest BCUT2D eigenvalue weighted by atomic mass is 9.55. The Hall–Kier alpha value is -2.04. The first-order valence-electron chi connectivity index (χ1n) is 7.87. The lowest BCUT2D eigenvalue weighted by Crippen LogP contribution is -2.63. The molecule has 2 aliphatic carbocycles. The Bertz CT molecular complexity index is 545. The van der Waals surface area contributed by atoms with Crippen LogP contribution in [0.5, 0.6) is 0 Å². The first kappa shape index (κ1) is 14.9. The van der Waals surface area contributed by atoms with Crippen molar-refractivity contribution in [2.45, 2.75) is 38.3 Å². The average molecular weight is 303 g/mol. The fourth-order valence-corrected chi connectivity index (χ4v) is 3.90. The number of nitrogens with one attached hydrogen (secondary N) is 1. The van der Waals surface area contributed by atoms with Crippen LogP contribution >= 0.6 is 0 Å². The quantitative estimate of drug-likeness (QED) is 0.897. The fraction of sp³-hybridized carbons (Fsp3) is 0.529. The van der Waals surface area contributed by atoms with Crippen molar-refractivity contribution in [1.82, 2.24) is 5.32 Å². The van der Waals surface area contributed by atoms with Crippen LogP contribution in [-0.2, 0) is 16.1 Å². The molecule has 2 saturated carbocycles. The van der Waals surface area contributed by atoms with Crippen LogP contribution in [0.4, 0.5) is 4.79 Å². The minimum atomic E-state index is -0.809. The zero-order valence-corrected chi connectivity index (χ0v) is 12.4. The molecule has 0 bridgehead atoms. The molecular formula is C17H21NO4. The second kappa shape index (κ2) is 6.38. The Labute approximate surface area is 129 Å². The van der Waals surface area contributed by atoms with Crippen LogP contribution in [0.15, 0.2) is 30.3 Å². The van der Waals surface area contributed by atoms with E-state index in [1.165, 1.54) is 0 Å². The summed E-state index contributed by atoms with van der Waals surface area (Å²) in [6.07, 6.45) is 3.64. The van der Waals surface area contributed by atoms with Gasteiger partial charge in [0.05, 0.1) is 5.92 Å². The van der Waals surface area contributed by atoms with E-state index < -0.39 is 18.0 Å². The first-order chi connectivity index (χ1) is 10.7. The van der Waals surface area contributed by atoms with Gasteiger partial charge in [-0.15, -0.1) is 0 Å². The summed E-state index contributed by atoms with van der Waals surface area (Å²) >= 11 is 0. The van der Waals surface area contributed by atoms with Gasteiger partial charge in [-0.2, -0.15) is 0 Å². The number of carboxylic acids is 1. The topological polar surface area (TPSA) is 75.6 Å². The van der Waals surface area contributed by atoms with Crippen LogP contribution < -0.4 is 5.32 Å². The predicted molar refractivity (Wildman–Crippen MR) is 80.1 cm³/mol. The number of fused-ring (bicyclic) bond motifs is 1. The summed E-state index contributed by atoms with van der Waals surface area (Å²) in [7, 11) is 0. The molecule has 0 aromatic heterocycles. The highest BCUT2D eigenvalue weighted by molar-refractivity contribution is 5.75. The van der Waals surface area contributed by atoms with Gasteiger partial charge < -0.3 is 15.2 Å². The van der Waals surface area contributed by atoms with Gasteiger partial charge in [-0.1, -0.05) is 43.2 Å². The smallest absolute Gasteiger partial charge is 0.407 e. The minimum Gasteiger partial charge on any atom is -0.481 e. The number of aliphatic carboxylic acids is 1. The van der Waals surface area contributed by atoms with Gasteiger partial charge in [0.15, 0.2) is 0 Å². The highest BCUT2D eigenvalue weighted by Crippen LogP contribution is 2.49. The van der Waals surface area contributed by atoms with Crippen molar-refractivity contribution in [2.75, 3.05) is 0 Å². The Morgan fingerprint density at radius 3 is 2.50 bits per heavy atom. The maximum absolute atomic E-state index is 11.9. The number of benzene rings is 1. The second-order valence-electron chi connectivity index (χ2n) is 6.21. The van der Waals surface area contributed by atoms with Crippen LogP contribution in [0.3, 0.4) is 0 Å². The molecule has 1 amide bonds. The highest BCUT2D eigenvalue weighted by Gasteiger charge is 2.55. The summed E-state index contributed by atoms with van der Waals surface area (Å²) in [5.74, 6) is -0.768. The number of amides is 1. The molecule has 0 aliphatic heterocycles. The number of carbonyl (C=O) groups excluding carboxylic acids is 1. The van der Waals surface area contributed by atoms with Gasteiger partial charge in [-0.05, 0) is 30.2 Å². The maximum atomic E-state index is 11.9. The molecule has 118 valence electrons. The Morgan fingerprint density at radius 1 is 1.14 bits per heavy atom. The van der Waals surface area contributed by atoms with Gasteiger partial charge in [0.1, 0.15) is 6.61 Å². The average Bonchev–Trinajstić information content (AvgIpc) is 2.51. The van der Waals surface area contributed by atoms with Crippen LogP contribution in [0.1, 0.15) is 31.2 Å². The second-order valence-corrected chi connectivity index (χ2v) is 6.21. The van der Waals surface area contributed by atoms with E-state index in [-0.39, 0.29) is 18.6 Å². The normalized spacial score (nSPS) is 29.8. The summed E-state index contributed by atoms with van der Waals surface area (Å²) in [4.78, 5) is 23.4. The Morgan fingerprint density at radius 2 is 1.82 bits per heavy atom. The van der Waals surface area contributed by atoms with E-state index in [0.29, 0.717) is 5.92 Å². The van der Waals surface area contributed by atoms with Crippen molar-refractivity contribution in [3.63, 3.8) is 0 Å². The number of hydrogen-bond acceptors (Lipinski definition) is 3. The van der Waals surface area contributed by atoms with Crippen molar-refractivity contribution in [3.8, 4) is 0 Å². The van der Waals surface area contributed by atoms with E-state index in [1.54, 1.807) is 0 Å². The molecule has 0 radical (unpaired) electrons. The zero-order valence-electron chi connectivity index (χ0n) is 12.4. The van der Waals surface area contributed by atoms with Gasteiger partial charge in [-0.25, -0.2) is 4.79 Å². The van der Waals surface area contributed by atoms with Crippen molar-refractivity contribution in [1.29, 1.82) is 0 Å². The number of hydrogen-bond donors (Lipinski definition) is 2. The molecule has 2 N–H and O–H groups in total. The number of alkyl carbamates (subject to hydrolysis) is 1. The van der Waals surface area contributed by atoms with Gasteiger partial charge >= 0.3 is 12.1 Å². The predicted octanol–water partition coefficient (Wildman–Crippen LogP) is 2.80. The van der Waals surface area contributed by atoms with Gasteiger partial charge in [0.25, 0.3) is 0 Å². The third-order valence-electron chi connectivity index (χ3n) is 4.97. The van der Waals surface area contributed by atoms with E-state index in [0.717, 1.165) is 31.2 Å². The summed E-state index contributed by atoms with van der Waals surface area (Å²) in [5, 5.41) is 12.1. The highest BCUT2D eigenvalue weighted by atomic mass is 16.5. The number of carbonyl (C=O) groups is 2. The van der Waals surface area contributed by atoms with Crippen LogP contribution in [0, 0.1) is 17.8 Å². The van der Waals surface area contributed by atoms with Crippen molar-refractivity contribution in [2.24, 2.45) is 17.8 Å². The van der Waals surface area contributed by atoms with Crippen LogP contribution in [-0.4, -0.2) is 23.2 Å². The SMILES string of the molecule is O=C(N[C@H]1[C@@H]2CCCC[C@@H]2[C@@H]1C(=O)O)OCc1ccccc1. The van der Waals surface area contributed by atoms with Crippen LogP contribution in [0.2, 0.25) is 0 Å². The Kier molecular flexibility index (Phi) is 4.32. The van der Waals surface area contributed by atoms with E-state index in [2.05, 4.69) is 5.32 Å². The van der Waals surface area contributed by atoms with Gasteiger partial charge in [-0.3, -0.25) is 4.79 Å². The molecule has 4 atom stereocenters. The standard InChI is InChI=1S/C17H21NO4/c19-16(20)14-12-8-4-5-9-13(12)15(14)18-17(21)22-10-11-6-2-1-3-7-11/h1-3,6-7,12-15H,4-5,8-10H2,(H,18,21)(H,19,20)/t12-,13+,14-,15-/m0/s1. The molecule has 5 nitrogen and oxygen atoms in total. The lowest BCUT2D eigenvalue weighted by Gasteiger charge is -2.52. The lowest BCUT2D eigenvalue weighted by molar-refractivity contribution is -0.156. The third-order valence-corrected chi connectivity index (χ3v) is 4.97. The molecule has 1 aromatic rings. The monoisotopic (exact) mass is 303 g/mol. The molecule has 0 heterocycles. The summed E-state index contributed by atoms with van der Waals surface area (Å²) in [6, 6.07) is 9.15. The minimum absolute atomic E-state index is 0.200. The number of rotatable bonds is 4. The molecule has 0 unspecified atom stereocenters. The molecule has 2 fully saturated rings. The molecule has 0 saturated heterocycles.